The number of amidine groups is 1. The van der Waals surface area contributed by atoms with E-state index in [0.29, 0.717) is 40.3 Å². The highest BCUT2D eigenvalue weighted by Gasteiger charge is 2.27. The smallest absolute Gasteiger partial charge is 0.241 e. The van der Waals surface area contributed by atoms with Gasteiger partial charge in [0.2, 0.25) is 10.0 Å². The summed E-state index contributed by atoms with van der Waals surface area (Å²) >= 11 is 0. The summed E-state index contributed by atoms with van der Waals surface area (Å²) in [5.74, 6) is 0.613. The first-order valence-electron chi connectivity index (χ1n) is 9.14. The Hall–Kier alpha value is -2.73. The number of hydrogen-bond donors (Lipinski definition) is 4. The van der Waals surface area contributed by atoms with Crippen LogP contribution in [0.15, 0.2) is 50.6 Å². The van der Waals surface area contributed by atoms with E-state index in [4.69, 9.17) is 17.2 Å². The van der Waals surface area contributed by atoms with Gasteiger partial charge in [0.05, 0.1) is 4.90 Å². The van der Waals surface area contributed by atoms with Crippen molar-refractivity contribution in [1.29, 1.82) is 0 Å². The van der Waals surface area contributed by atoms with Crippen LogP contribution in [0.4, 0.5) is 5.82 Å². The lowest BCUT2D eigenvalue weighted by Crippen LogP contribution is -2.40. The van der Waals surface area contributed by atoms with Crippen LogP contribution in [0.5, 0.6) is 0 Å². The number of anilines is 1. The zero-order chi connectivity index (χ0) is 21.0. The predicted octanol–water partition coefficient (Wildman–Crippen LogP) is 0.975. The van der Waals surface area contributed by atoms with Crippen molar-refractivity contribution in [3.8, 4) is 11.1 Å². The molecule has 3 rings (SSSR count). The largest absolute Gasteiger partial charge is 0.383 e. The number of benzene rings is 1. The van der Waals surface area contributed by atoms with Gasteiger partial charge in [-0.05, 0) is 35.7 Å². The summed E-state index contributed by atoms with van der Waals surface area (Å²) < 4.78 is 28.8. The Morgan fingerprint density at radius 3 is 2.59 bits per heavy atom. The number of aromatic nitrogens is 1. The molecule has 0 saturated heterocycles. The first-order chi connectivity index (χ1) is 13.9. The molecule has 1 aliphatic heterocycles. The van der Waals surface area contributed by atoms with E-state index in [0.717, 1.165) is 0 Å². The number of nitrogens with zero attached hydrogens (tertiary/aromatic N) is 4. The van der Waals surface area contributed by atoms with Gasteiger partial charge in [-0.15, -0.1) is 5.11 Å². The fraction of sp³-hybridized carbons (Fsp3) is 0.333. The fourth-order valence-corrected chi connectivity index (χ4v) is 4.73. The van der Waals surface area contributed by atoms with E-state index in [1.807, 2.05) is 6.92 Å². The number of aliphatic imine (C=N–C) groups is 1. The molecule has 11 heteroatoms. The van der Waals surface area contributed by atoms with Crippen LogP contribution in [0.3, 0.4) is 0 Å². The van der Waals surface area contributed by atoms with Crippen LogP contribution in [0, 0.1) is 0 Å². The number of nitrogens with one attached hydrogen (secondary N) is 1. The van der Waals surface area contributed by atoms with Crippen LogP contribution in [-0.2, 0) is 16.6 Å². The van der Waals surface area contributed by atoms with E-state index < -0.39 is 10.0 Å². The van der Waals surface area contributed by atoms with Crippen molar-refractivity contribution >= 4 is 21.7 Å². The molecule has 1 aromatic carbocycles. The highest BCUT2D eigenvalue weighted by molar-refractivity contribution is 7.89. The van der Waals surface area contributed by atoms with Crippen LogP contribution in [0.1, 0.15) is 24.5 Å². The molecule has 154 valence electrons. The third-order valence-electron chi connectivity index (χ3n) is 4.66. The van der Waals surface area contributed by atoms with Gasteiger partial charge in [-0.2, -0.15) is 5.11 Å². The molecule has 1 unspecified atom stereocenters. The monoisotopic (exact) mass is 416 g/mol. The van der Waals surface area contributed by atoms with Crippen molar-refractivity contribution in [3.63, 3.8) is 0 Å². The molecule has 0 radical (unpaired) electrons. The third-order valence-corrected chi connectivity index (χ3v) is 6.27. The van der Waals surface area contributed by atoms with E-state index in [1.54, 1.807) is 24.4 Å². The van der Waals surface area contributed by atoms with Crippen molar-refractivity contribution in [2.75, 3.05) is 18.9 Å². The lowest BCUT2D eigenvalue weighted by atomic mass is 9.94. The second-order valence-electron chi connectivity index (χ2n) is 6.43. The Balaban J connectivity index is 2.25. The average Bonchev–Trinajstić information content (AvgIpc) is 3.25. The summed E-state index contributed by atoms with van der Waals surface area (Å²) in [6.07, 6.45) is 2.14. The second-order valence-corrected chi connectivity index (χ2v) is 8.11. The number of hydrogen-bond acceptors (Lipinski definition) is 9. The second kappa shape index (κ2) is 8.74. The molecule has 1 atom stereocenters. The summed E-state index contributed by atoms with van der Waals surface area (Å²) in [6.45, 7) is 2.16. The number of pyridine rings is 1. The lowest BCUT2D eigenvalue weighted by Gasteiger charge is -2.20. The molecule has 2 heterocycles. The summed E-state index contributed by atoms with van der Waals surface area (Å²) in [5.41, 5.74) is 19.9. The first kappa shape index (κ1) is 21.0. The highest BCUT2D eigenvalue weighted by atomic mass is 32.2. The van der Waals surface area contributed by atoms with Crippen molar-refractivity contribution in [3.05, 3.63) is 41.6 Å². The number of azo groups is 1. The number of nitrogens with two attached hydrogens (primary N) is 3. The molecular formula is C18H24N8O2S. The minimum Gasteiger partial charge on any atom is -0.383 e. The first-order valence-corrected chi connectivity index (χ1v) is 10.6. The molecule has 29 heavy (non-hydrogen) atoms. The Kier molecular flexibility index (Phi) is 6.33. The summed E-state index contributed by atoms with van der Waals surface area (Å²) in [4.78, 5) is 8.45. The SMILES string of the molecule is CCC(CN)NS(=O)(=O)c1ccc(-c2cccnc2N)c(C2=NCN=N2)c1CN. The van der Waals surface area contributed by atoms with Gasteiger partial charge in [-0.25, -0.2) is 23.1 Å². The van der Waals surface area contributed by atoms with Gasteiger partial charge in [0, 0.05) is 36.5 Å². The third kappa shape index (κ3) is 4.17. The predicted molar refractivity (Wildman–Crippen MR) is 112 cm³/mol. The molecule has 1 aromatic heterocycles. The molecule has 0 spiro atoms. The van der Waals surface area contributed by atoms with Gasteiger partial charge >= 0.3 is 0 Å². The van der Waals surface area contributed by atoms with Gasteiger partial charge in [0.1, 0.15) is 5.82 Å². The van der Waals surface area contributed by atoms with E-state index >= 15 is 0 Å². The number of nitrogen functional groups attached to an aromatic ring is 1. The quantitative estimate of drug-likeness (QED) is 0.499. The maximum absolute atomic E-state index is 13.1. The Morgan fingerprint density at radius 2 is 2.00 bits per heavy atom. The maximum Gasteiger partial charge on any atom is 0.241 e. The highest BCUT2D eigenvalue weighted by Crippen LogP contribution is 2.34. The topological polar surface area (TPSA) is 174 Å². The normalized spacial score (nSPS) is 14.8. The van der Waals surface area contributed by atoms with Crippen LogP contribution in [0.2, 0.25) is 0 Å². The molecule has 1 aliphatic rings. The van der Waals surface area contributed by atoms with Gasteiger partial charge in [-0.1, -0.05) is 13.0 Å². The van der Waals surface area contributed by atoms with Gasteiger partial charge < -0.3 is 17.2 Å². The van der Waals surface area contributed by atoms with Crippen molar-refractivity contribution < 1.29 is 8.42 Å². The Bertz CT molecular complexity index is 1060. The van der Waals surface area contributed by atoms with Gasteiger partial charge in [0.15, 0.2) is 12.5 Å². The minimum atomic E-state index is -3.87. The molecule has 0 fully saturated rings. The van der Waals surface area contributed by atoms with Gasteiger partial charge in [0.25, 0.3) is 0 Å². The summed E-state index contributed by atoms with van der Waals surface area (Å²) in [7, 11) is -3.87. The van der Waals surface area contributed by atoms with Crippen molar-refractivity contribution in [1.82, 2.24) is 9.71 Å². The molecule has 2 aromatic rings. The zero-order valence-corrected chi connectivity index (χ0v) is 16.9. The van der Waals surface area contributed by atoms with Crippen molar-refractivity contribution in [2.45, 2.75) is 30.8 Å². The lowest BCUT2D eigenvalue weighted by molar-refractivity contribution is 0.541. The van der Waals surface area contributed by atoms with E-state index in [1.165, 1.54) is 6.07 Å². The van der Waals surface area contributed by atoms with Crippen LogP contribution < -0.4 is 21.9 Å². The Morgan fingerprint density at radius 1 is 1.21 bits per heavy atom. The fourth-order valence-electron chi connectivity index (χ4n) is 3.15. The molecule has 10 nitrogen and oxygen atoms in total. The van der Waals surface area contributed by atoms with Crippen LogP contribution in [0.25, 0.3) is 11.1 Å². The molecule has 0 amide bonds. The molecule has 0 bridgehead atoms. The standard InChI is InChI=1S/C18H24N8O2S/c1-2-11(8-19)26-29(27,28)15-6-5-12(13-4-3-7-22-17(13)21)16(14(15)9-20)18-23-10-24-25-18/h3-7,11,26H,2,8-10,19-20H2,1H3,(H2,21,22). The summed E-state index contributed by atoms with van der Waals surface area (Å²) in [6, 6.07) is 6.32. The number of sulfonamides is 1. The van der Waals surface area contributed by atoms with Gasteiger partial charge in [-0.3, -0.25) is 0 Å². The van der Waals surface area contributed by atoms with E-state index in [-0.39, 0.29) is 30.7 Å². The van der Waals surface area contributed by atoms with Crippen LogP contribution in [-0.4, -0.2) is 38.5 Å². The van der Waals surface area contributed by atoms with Crippen LogP contribution >= 0.6 is 0 Å². The summed E-state index contributed by atoms with van der Waals surface area (Å²) in [5, 5.41) is 7.96. The molecular weight excluding hydrogens is 392 g/mol. The minimum absolute atomic E-state index is 0.0481. The maximum atomic E-state index is 13.1. The molecule has 0 saturated carbocycles. The number of rotatable bonds is 8. The average molecular weight is 417 g/mol. The van der Waals surface area contributed by atoms with Crippen molar-refractivity contribution in [2.24, 2.45) is 26.7 Å². The molecule has 7 N–H and O–H groups in total. The Labute approximate surface area is 169 Å². The van der Waals surface area contributed by atoms with E-state index in [9.17, 15) is 8.42 Å². The zero-order valence-electron chi connectivity index (χ0n) is 16.0. The molecule has 0 aliphatic carbocycles. The van der Waals surface area contributed by atoms with E-state index in [2.05, 4.69) is 24.9 Å².